The molecule has 0 radical (unpaired) electrons. The van der Waals surface area contributed by atoms with E-state index in [4.69, 9.17) is 2.69 Å². The average molecular weight is 480 g/mol. The molecule has 20 heavy (non-hydrogen) atoms. The third kappa shape index (κ3) is 10.2. The first kappa shape index (κ1) is 20.4. The van der Waals surface area contributed by atoms with Crippen LogP contribution >= 0.6 is 0 Å². The molecule has 0 N–H and O–H groups in total. The van der Waals surface area contributed by atoms with Crippen molar-refractivity contribution in [3.63, 3.8) is 0 Å². The molecule has 0 atom stereocenters. The zero-order valence-electron chi connectivity index (χ0n) is 14.3. The van der Waals surface area contributed by atoms with E-state index in [1.165, 1.54) is 69.7 Å². The molecule has 0 bridgehead atoms. The summed E-state index contributed by atoms with van der Waals surface area (Å²) in [7, 11) is 0. The van der Waals surface area contributed by atoms with Gasteiger partial charge in [-0.1, -0.05) is 0 Å². The van der Waals surface area contributed by atoms with Crippen LogP contribution in [0.4, 0.5) is 0 Å². The van der Waals surface area contributed by atoms with Gasteiger partial charge >= 0.3 is 132 Å². The number of hydrogen-bond donors (Lipinski definition) is 0. The van der Waals surface area contributed by atoms with Crippen molar-refractivity contribution in [2.75, 3.05) is 0 Å². The summed E-state index contributed by atoms with van der Waals surface area (Å²) in [5.74, 6) is -0.00355. The molecule has 2 nitrogen and oxygen atoms in total. The van der Waals surface area contributed by atoms with Crippen molar-refractivity contribution in [1.82, 2.24) is 0 Å². The van der Waals surface area contributed by atoms with E-state index in [2.05, 4.69) is 20.8 Å². The van der Waals surface area contributed by atoms with Crippen LogP contribution in [0.25, 0.3) is 0 Å². The molecule has 0 aliphatic heterocycles. The first-order valence-electron chi connectivity index (χ1n) is 8.79. The fourth-order valence-electron chi connectivity index (χ4n) is 2.92. The molecule has 0 heterocycles. The normalized spacial score (nSPS) is 11.6. The SMILES string of the molecule is CCCC[CH2][Pb]([CH2]CCCC)([CH2]CCCC)[O]C(C)=O. The second-order valence-corrected chi connectivity index (χ2v) is 22.0. The van der Waals surface area contributed by atoms with Crippen molar-refractivity contribution >= 4 is 27.6 Å². The van der Waals surface area contributed by atoms with Crippen LogP contribution in [-0.4, -0.2) is 27.6 Å². The number of unbranched alkanes of at least 4 members (excludes halogenated alkanes) is 6. The molecule has 0 unspecified atom stereocenters. The Morgan fingerprint density at radius 3 is 1.35 bits per heavy atom. The first-order valence-corrected chi connectivity index (χ1v) is 18.6. The standard InChI is InChI=1S/3C5H11.C2H4O2.Pb/c3*1-3-5-4-2;1-2(3)4;/h3*1,3-5H2,2H3;1H3,(H,3,4);/q;;;;+1/p-1. The van der Waals surface area contributed by atoms with Crippen molar-refractivity contribution in [2.24, 2.45) is 0 Å². The molecule has 0 saturated heterocycles. The van der Waals surface area contributed by atoms with Gasteiger partial charge in [0.1, 0.15) is 0 Å². The summed E-state index contributed by atoms with van der Waals surface area (Å²) in [6.07, 6.45) is 11.5. The maximum atomic E-state index is 11.6. The van der Waals surface area contributed by atoms with E-state index in [9.17, 15) is 4.79 Å². The van der Waals surface area contributed by atoms with Crippen molar-refractivity contribution in [2.45, 2.75) is 97.4 Å². The molecule has 0 fully saturated rings. The number of rotatable bonds is 13. The van der Waals surface area contributed by atoms with Gasteiger partial charge in [0.05, 0.1) is 0 Å². The van der Waals surface area contributed by atoms with E-state index >= 15 is 0 Å². The van der Waals surface area contributed by atoms with Crippen LogP contribution in [0, 0.1) is 0 Å². The summed E-state index contributed by atoms with van der Waals surface area (Å²) in [5, 5.41) is 0. The molecular formula is C17H36O2Pb. The Morgan fingerprint density at radius 1 is 0.750 bits per heavy atom. The van der Waals surface area contributed by atoms with Crippen LogP contribution in [0.3, 0.4) is 0 Å². The van der Waals surface area contributed by atoms with E-state index in [-0.39, 0.29) is 5.97 Å². The second kappa shape index (κ2) is 13.1. The van der Waals surface area contributed by atoms with Crippen molar-refractivity contribution < 1.29 is 7.48 Å². The molecule has 0 spiro atoms. The number of carbonyl (C=O) groups is 1. The molecule has 3 heteroatoms. The molecule has 0 amide bonds. The quantitative estimate of drug-likeness (QED) is 0.237. The van der Waals surface area contributed by atoms with Crippen LogP contribution < -0.4 is 0 Å². The second-order valence-electron chi connectivity index (χ2n) is 6.15. The molecule has 0 aliphatic rings. The Hall–Kier alpha value is 0.392. The van der Waals surface area contributed by atoms with E-state index < -0.39 is 21.6 Å². The summed E-state index contributed by atoms with van der Waals surface area (Å²) in [5.41, 5.74) is 0. The Bertz CT molecular complexity index is 215. The summed E-state index contributed by atoms with van der Waals surface area (Å²) >= 11 is -2.81. The molecule has 0 rings (SSSR count). The summed E-state index contributed by atoms with van der Waals surface area (Å²) < 4.78 is 9.88. The zero-order chi connectivity index (χ0) is 15.3. The number of hydrogen-bond acceptors (Lipinski definition) is 2. The molecule has 0 aliphatic carbocycles. The van der Waals surface area contributed by atoms with Crippen LogP contribution in [0.2, 0.25) is 11.9 Å². The van der Waals surface area contributed by atoms with Gasteiger partial charge in [0.2, 0.25) is 0 Å². The average Bonchev–Trinajstić information content (AvgIpc) is 2.39. The van der Waals surface area contributed by atoms with Crippen LogP contribution in [-0.2, 0) is 7.48 Å². The van der Waals surface area contributed by atoms with Gasteiger partial charge < -0.3 is 0 Å². The van der Waals surface area contributed by atoms with Gasteiger partial charge in [0, 0.05) is 0 Å². The molecule has 0 saturated carbocycles. The first-order chi connectivity index (χ1) is 9.60. The monoisotopic (exact) mass is 480 g/mol. The van der Waals surface area contributed by atoms with Gasteiger partial charge in [0.15, 0.2) is 0 Å². The topological polar surface area (TPSA) is 26.3 Å². The zero-order valence-corrected chi connectivity index (χ0v) is 18.2. The Kier molecular flexibility index (Phi) is 13.3. The van der Waals surface area contributed by atoms with E-state index in [1.807, 2.05) is 0 Å². The van der Waals surface area contributed by atoms with Crippen LogP contribution in [0.5, 0.6) is 0 Å². The van der Waals surface area contributed by atoms with Gasteiger partial charge in [0.25, 0.3) is 0 Å². The van der Waals surface area contributed by atoms with Crippen molar-refractivity contribution in [3.05, 3.63) is 0 Å². The molecule has 0 aromatic carbocycles. The van der Waals surface area contributed by atoms with Crippen LogP contribution in [0.15, 0.2) is 0 Å². The predicted octanol–water partition coefficient (Wildman–Crippen LogP) is 6.07. The van der Waals surface area contributed by atoms with Gasteiger partial charge in [-0.25, -0.2) is 0 Å². The Morgan fingerprint density at radius 2 is 1.10 bits per heavy atom. The van der Waals surface area contributed by atoms with Gasteiger partial charge in [-0.2, -0.15) is 0 Å². The minimum absolute atomic E-state index is 0.00355. The van der Waals surface area contributed by atoms with E-state index in [0.717, 1.165) is 0 Å². The van der Waals surface area contributed by atoms with Crippen LogP contribution in [0.1, 0.15) is 85.5 Å². The molecular weight excluding hydrogens is 443 g/mol. The Balaban J connectivity index is 4.61. The van der Waals surface area contributed by atoms with E-state index in [1.54, 1.807) is 6.92 Å². The fourth-order valence-corrected chi connectivity index (χ4v) is 19.8. The van der Waals surface area contributed by atoms with Crippen molar-refractivity contribution in [3.8, 4) is 0 Å². The van der Waals surface area contributed by atoms with Gasteiger partial charge in [-0.15, -0.1) is 0 Å². The molecule has 120 valence electrons. The third-order valence-corrected chi connectivity index (χ3v) is 21.6. The van der Waals surface area contributed by atoms with Crippen molar-refractivity contribution in [1.29, 1.82) is 0 Å². The summed E-state index contributed by atoms with van der Waals surface area (Å²) in [4.78, 5) is 11.6. The predicted molar refractivity (Wildman–Crippen MR) is 90.5 cm³/mol. The van der Waals surface area contributed by atoms with E-state index in [0.29, 0.717) is 0 Å². The third-order valence-electron chi connectivity index (χ3n) is 4.07. The molecule has 0 aromatic heterocycles. The fraction of sp³-hybridized carbons (Fsp3) is 0.941. The Labute approximate surface area is 132 Å². The minimum atomic E-state index is -2.81. The number of carbonyl (C=O) groups excluding carboxylic acids is 1. The summed E-state index contributed by atoms with van der Waals surface area (Å²) in [6.45, 7) is 8.36. The maximum absolute atomic E-state index is 11.6. The van der Waals surface area contributed by atoms with Gasteiger partial charge in [-0.3, -0.25) is 0 Å². The summed E-state index contributed by atoms with van der Waals surface area (Å²) in [6, 6.07) is 0. The molecule has 0 aromatic rings. The van der Waals surface area contributed by atoms with Gasteiger partial charge in [-0.05, 0) is 0 Å².